The van der Waals surface area contributed by atoms with Crippen molar-refractivity contribution in [1.29, 1.82) is 0 Å². The van der Waals surface area contributed by atoms with E-state index in [4.69, 9.17) is 0 Å². The lowest BCUT2D eigenvalue weighted by Gasteiger charge is -2.06. The second-order valence-corrected chi connectivity index (χ2v) is 6.50. The number of thioether (sulfide) groups is 1. The van der Waals surface area contributed by atoms with Crippen LogP contribution >= 0.6 is 11.8 Å². The van der Waals surface area contributed by atoms with Crippen LogP contribution in [0.4, 0.5) is 0 Å². The maximum Gasteiger partial charge on any atom is 0.145 e. The van der Waals surface area contributed by atoms with Gasteiger partial charge in [-0.05, 0) is 25.0 Å². The van der Waals surface area contributed by atoms with Crippen LogP contribution in [0.15, 0.2) is 0 Å². The summed E-state index contributed by atoms with van der Waals surface area (Å²) in [5.41, 5.74) is 0. The molecule has 0 aliphatic carbocycles. The lowest BCUT2D eigenvalue weighted by molar-refractivity contribution is -0.118. The van der Waals surface area contributed by atoms with Gasteiger partial charge in [-0.1, -0.05) is 51.9 Å². The van der Waals surface area contributed by atoms with Gasteiger partial charge in [-0.3, -0.25) is 4.79 Å². The van der Waals surface area contributed by atoms with E-state index in [0.717, 1.165) is 19.3 Å². The molecule has 0 amide bonds. The van der Waals surface area contributed by atoms with E-state index in [-0.39, 0.29) is 0 Å². The monoisotopic (exact) mass is 256 g/mol. The number of carbonyl (C=O) groups excluding carboxylic acids is 1. The van der Waals surface area contributed by atoms with Crippen LogP contribution < -0.4 is 0 Å². The molecule has 0 aromatic rings. The molecule has 0 radical (unpaired) electrons. The molecule has 17 heavy (non-hydrogen) atoms. The van der Waals surface area contributed by atoms with Crippen molar-refractivity contribution in [3.05, 3.63) is 0 Å². The standard InChI is InChI=1S/C15H28OS/c1-2-3-4-5-6-7-8-9-11-14(16)15-12-10-13-17-15/h15H,2-13H2,1H3. The van der Waals surface area contributed by atoms with E-state index >= 15 is 0 Å². The van der Waals surface area contributed by atoms with E-state index in [0.29, 0.717) is 11.0 Å². The highest BCUT2D eigenvalue weighted by atomic mass is 32.2. The fourth-order valence-electron chi connectivity index (χ4n) is 2.43. The summed E-state index contributed by atoms with van der Waals surface area (Å²) in [4.78, 5) is 11.8. The van der Waals surface area contributed by atoms with Gasteiger partial charge in [-0.15, -0.1) is 0 Å². The van der Waals surface area contributed by atoms with Crippen LogP contribution in [0, 0.1) is 0 Å². The first-order valence-electron chi connectivity index (χ1n) is 7.49. The van der Waals surface area contributed by atoms with Crippen LogP contribution in [0.1, 0.15) is 77.6 Å². The third-order valence-electron chi connectivity index (χ3n) is 3.57. The molecule has 0 spiro atoms. The highest BCUT2D eigenvalue weighted by molar-refractivity contribution is 8.00. The van der Waals surface area contributed by atoms with Crippen LogP contribution in [0.25, 0.3) is 0 Å². The smallest absolute Gasteiger partial charge is 0.145 e. The number of ketones is 1. The Morgan fingerprint density at radius 3 is 2.29 bits per heavy atom. The fourth-order valence-corrected chi connectivity index (χ4v) is 3.68. The van der Waals surface area contributed by atoms with Crippen molar-refractivity contribution in [1.82, 2.24) is 0 Å². The number of rotatable bonds is 10. The first-order chi connectivity index (χ1) is 8.34. The van der Waals surface area contributed by atoms with Crippen molar-refractivity contribution in [2.45, 2.75) is 82.8 Å². The topological polar surface area (TPSA) is 17.1 Å². The van der Waals surface area contributed by atoms with Gasteiger partial charge < -0.3 is 0 Å². The molecule has 0 aromatic heterocycles. The van der Waals surface area contributed by atoms with Crippen molar-refractivity contribution >= 4 is 17.5 Å². The van der Waals surface area contributed by atoms with Crippen LogP contribution in [0.5, 0.6) is 0 Å². The van der Waals surface area contributed by atoms with Crippen molar-refractivity contribution in [2.75, 3.05) is 5.75 Å². The highest BCUT2D eigenvalue weighted by Gasteiger charge is 2.22. The zero-order valence-corrected chi connectivity index (χ0v) is 12.2. The van der Waals surface area contributed by atoms with Crippen LogP contribution in [-0.4, -0.2) is 16.8 Å². The summed E-state index contributed by atoms with van der Waals surface area (Å²) in [6.07, 6.45) is 13.8. The van der Waals surface area contributed by atoms with Crippen LogP contribution in [0.3, 0.4) is 0 Å². The summed E-state index contributed by atoms with van der Waals surface area (Å²) in [5.74, 6) is 1.73. The van der Waals surface area contributed by atoms with E-state index in [1.54, 1.807) is 0 Å². The second kappa shape index (κ2) is 9.99. The Bertz CT molecular complexity index is 197. The predicted molar refractivity (Wildman–Crippen MR) is 77.7 cm³/mol. The molecular weight excluding hydrogens is 228 g/mol. The summed E-state index contributed by atoms with van der Waals surface area (Å²) in [6.45, 7) is 2.26. The molecule has 2 heteroatoms. The van der Waals surface area contributed by atoms with E-state index in [9.17, 15) is 4.79 Å². The minimum Gasteiger partial charge on any atom is -0.298 e. The number of hydrogen-bond acceptors (Lipinski definition) is 2. The van der Waals surface area contributed by atoms with Gasteiger partial charge in [-0.2, -0.15) is 11.8 Å². The van der Waals surface area contributed by atoms with E-state index < -0.39 is 0 Å². The van der Waals surface area contributed by atoms with Crippen molar-refractivity contribution < 1.29 is 4.79 Å². The molecule has 1 aliphatic heterocycles. The fraction of sp³-hybridized carbons (Fsp3) is 0.933. The molecule has 1 atom stereocenters. The number of Topliss-reactive ketones (excluding diaryl/α,β-unsaturated/α-hetero) is 1. The summed E-state index contributed by atoms with van der Waals surface area (Å²) in [5, 5.41) is 0.361. The van der Waals surface area contributed by atoms with Gasteiger partial charge >= 0.3 is 0 Å². The molecule has 0 N–H and O–H groups in total. The molecular formula is C15H28OS. The molecule has 1 heterocycles. The van der Waals surface area contributed by atoms with Gasteiger partial charge in [-0.25, -0.2) is 0 Å². The van der Waals surface area contributed by atoms with E-state index in [1.165, 1.54) is 57.1 Å². The molecule has 1 unspecified atom stereocenters. The number of unbranched alkanes of at least 4 members (excludes halogenated alkanes) is 7. The van der Waals surface area contributed by atoms with Gasteiger partial charge in [0.15, 0.2) is 0 Å². The van der Waals surface area contributed by atoms with Gasteiger partial charge in [0.2, 0.25) is 0 Å². The Hall–Kier alpha value is 0.0200. The number of hydrogen-bond donors (Lipinski definition) is 0. The molecule has 1 nitrogen and oxygen atoms in total. The maximum atomic E-state index is 11.8. The molecule has 100 valence electrons. The lowest BCUT2D eigenvalue weighted by Crippen LogP contribution is -2.13. The van der Waals surface area contributed by atoms with Crippen LogP contribution in [-0.2, 0) is 4.79 Å². The average molecular weight is 256 g/mol. The Morgan fingerprint density at radius 1 is 1.06 bits per heavy atom. The van der Waals surface area contributed by atoms with Crippen LogP contribution in [0.2, 0.25) is 0 Å². The molecule has 1 saturated heterocycles. The summed E-state index contributed by atoms with van der Waals surface area (Å²) in [6, 6.07) is 0. The maximum absolute atomic E-state index is 11.8. The Kier molecular flexibility index (Phi) is 8.86. The third kappa shape index (κ3) is 7.13. The first-order valence-corrected chi connectivity index (χ1v) is 8.53. The van der Waals surface area contributed by atoms with Crippen molar-refractivity contribution in [2.24, 2.45) is 0 Å². The van der Waals surface area contributed by atoms with E-state index in [1.807, 2.05) is 11.8 Å². The lowest BCUT2D eigenvalue weighted by atomic mass is 10.0. The summed E-state index contributed by atoms with van der Waals surface area (Å²) >= 11 is 1.88. The van der Waals surface area contributed by atoms with Crippen molar-refractivity contribution in [3.8, 4) is 0 Å². The molecule has 0 bridgehead atoms. The second-order valence-electron chi connectivity index (χ2n) is 5.19. The average Bonchev–Trinajstić information content (AvgIpc) is 2.86. The summed E-state index contributed by atoms with van der Waals surface area (Å²) < 4.78 is 0. The largest absolute Gasteiger partial charge is 0.298 e. The normalized spacial score (nSPS) is 19.7. The summed E-state index contributed by atoms with van der Waals surface area (Å²) in [7, 11) is 0. The Balaban J connectivity index is 1.85. The third-order valence-corrected chi connectivity index (χ3v) is 4.99. The van der Waals surface area contributed by atoms with E-state index in [2.05, 4.69) is 6.92 Å². The van der Waals surface area contributed by atoms with Gasteiger partial charge in [0, 0.05) is 6.42 Å². The minimum atomic E-state index is 0.361. The highest BCUT2D eigenvalue weighted by Crippen LogP contribution is 2.28. The quantitative estimate of drug-likeness (QED) is 0.513. The number of carbonyl (C=O) groups is 1. The SMILES string of the molecule is CCCCCCCCCCC(=O)C1CCCS1. The van der Waals surface area contributed by atoms with Crippen molar-refractivity contribution in [3.63, 3.8) is 0 Å². The zero-order valence-electron chi connectivity index (χ0n) is 11.4. The minimum absolute atomic E-state index is 0.361. The molecule has 1 fully saturated rings. The molecule has 0 saturated carbocycles. The van der Waals surface area contributed by atoms with Gasteiger partial charge in [0.05, 0.1) is 5.25 Å². The predicted octanol–water partition coefficient (Wildman–Crippen LogP) is 4.98. The zero-order chi connectivity index (χ0) is 12.3. The molecule has 0 aromatic carbocycles. The Morgan fingerprint density at radius 2 is 1.71 bits per heavy atom. The molecule has 1 aliphatic rings. The molecule has 1 rings (SSSR count). The Labute approximate surface area is 111 Å². The van der Waals surface area contributed by atoms with Gasteiger partial charge in [0.25, 0.3) is 0 Å². The first kappa shape index (κ1) is 15.1. The van der Waals surface area contributed by atoms with Gasteiger partial charge in [0.1, 0.15) is 5.78 Å².